The zero-order valence-electron chi connectivity index (χ0n) is 13.3. The third-order valence-electron chi connectivity index (χ3n) is 4.67. The standard InChI is InChI=1S/C22H10O4/c1-3-11-9-17-15(21(23)24)8-6-14-12(4-2)10-18-16(22(25)26)7-5-13(11)19(18)20(14)17/h1-2,5-10H,(H,23,24)(H,25,26). The van der Waals surface area contributed by atoms with Crippen molar-refractivity contribution in [3.8, 4) is 24.7 Å². The van der Waals surface area contributed by atoms with Gasteiger partial charge in [0.25, 0.3) is 0 Å². The van der Waals surface area contributed by atoms with Crippen LogP contribution >= 0.6 is 0 Å². The Morgan fingerprint density at radius 1 is 0.692 bits per heavy atom. The van der Waals surface area contributed by atoms with E-state index < -0.39 is 11.9 Å². The van der Waals surface area contributed by atoms with Gasteiger partial charge in [0, 0.05) is 11.1 Å². The second-order valence-corrected chi connectivity index (χ2v) is 5.91. The molecule has 4 aromatic rings. The van der Waals surface area contributed by atoms with E-state index in [1.807, 2.05) is 0 Å². The van der Waals surface area contributed by atoms with Gasteiger partial charge >= 0.3 is 11.9 Å². The van der Waals surface area contributed by atoms with Gasteiger partial charge in [-0.3, -0.25) is 0 Å². The maximum atomic E-state index is 11.7. The van der Waals surface area contributed by atoms with Crippen LogP contribution in [-0.2, 0) is 0 Å². The highest BCUT2D eigenvalue weighted by Gasteiger charge is 2.21. The fourth-order valence-electron chi connectivity index (χ4n) is 3.58. The van der Waals surface area contributed by atoms with Crippen molar-refractivity contribution in [1.82, 2.24) is 0 Å². The Kier molecular flexibility index (Phi) is 3.12. The Bertz CT molecular complexity index is 1240. The Morgan fingerprint density at radius 2 is 1.08 bits per heavy atom. The van der Waals surface area contributed by atoms with Crippen LogP contribution in [0.2, 0.25) is 0 Å². The summed E-state index contributed by atoms with van der Waals surface area (Å²) in [7, 11) is 0. The van der Waals surface area contributed by atoms with E-state index in [0.29, 0.717) is 43.4 Å². The van der Waals surface area contributed by atoms with Crippen LogP contribution in [-0.4, -0.2) is 22.2 Å². The van der Waals surface area contributed by atoms with Crippen LogP contribution in [0, 0.1) is 24.7 Å². The molecule has 4 rings (SSSR count). The molecular formula is C22H10O4. The number of aromatic carboxylic acids is 2. The molecule has 4 nitrogen and oxygen atoms in total. The maximum Gasteiger partial charge on any atom is 0.336 e. The lowest BCUT2D eigenvalue weighted by Crippen LogP contribution is -2.03. The minimum atomic E-state index is -1.09. The van der Waals surface area contributed by atoms with Crippen LogP contribution in [0.4, 0.5) is 0 Å². The molecule has 122 valence electrons. The van der Waals surface area contributed by atoms with Gasteiger partial charge in [0.1, 0.15) is 0 Å². The summed E-state index contributed by atoms with van der Waals surface area (Å²) in [5, 5.41) is 22.6. The molecule has 0 amide bonds. The quantitative estimate of drug-likeness (QED) is 0.429. The molecule has 26 heavy (non-hydrogen) atoms. The average molecular weight is 338 g/mol. The minimum Gasteiger partial charge on any atom is -0.478 e. The fraction of sp³-hybridized carbons (Fsp3) is 0. The number of carboxylic acid groups (broad SMARTS) is 2. The average Bonchev–Trinajstić information content (AvgIpc) is 2.64. The van der Waals surface area contributed by atoms with Gasteiger partial charge < -0.3 is 10.2 Å². The van der Waals surface area contributed by atoms with Crippen molar-refractivity contribution in [3.63, 3.8) is 0 Å². The largest absolute Gasteiger partial charge is 0.478 e. The predicted octanol–water partition coefficient (Wildman–Crippen LogP) is 3.94. The predicted molar refractivity (Wildman–Crippen MR) is 99.9 cm³/mol. The van der Waals surface area contributed by atoms with Crippen LogP contribution in [0.3, 0.4) is 0 Å². The van der Waals surface area contributed by atoms with Crippen molar-refractivity contribution in [2.75, 3.05) is 0 Å². The van der Waals surface area contributed by atoms with Gasteiger partial charge in [0.2, 0.25) is 0 Å². The van der Waals surface area contributed by atoms with Gasteiger partial charge in [-0.1, -0.05) is 24.0 Å². The van der Waals surface area contributed by atoms with Crippen molar-refractivity contribution in [1.29, 1.82) is 0 Å². The first-order chi connectivity index (χ1) is 12.5. The summed E-state index contributed by atoms with van der Waals surface area (Å²) >= 11 is 0. The van der Waals surface area contributed by atoms with E-state index in [4.69, 9.17) is 12.8 Å². The maximum absolute atomic E-state index is 11.7. The smallest absolute Gasteiger partial charge is 0.336 e. The Balaban J connectivity index is 2.45. The zero-order chi connectivity index (χ0) is 18.6. The van der Waals surface area contributed by atoms with E-state index in [9.17, 15) is 19.8 Å². The molecule has 0 atom stereocenters. The molecule has 4 heteroatoms. The lowest BCUT2D eigenvalue weighted by atomic mass is 9.86. The zero-order valence-corrected chi connectivity index (χ0v) is 13.3. The molecular weight excluding hydrogens is 328 g/mol. The molecule has 0 fully saturated rings. The molecule has 0 aromatic heterocycles. The van der Waals surface area contributed by atoms with E-state index in [0.717, 1.165) is 0 Å². The third-order valence-corrected chi connectivity index (χ3v) is 4.67. The molecule has 0 bridgehead atoms. The number of rotatable bonds is 2. The van der Waals surface area contributed by atoms with Crippen molar-refractivity contribution < 1.29 is 19.8 Å². The first-order valence-electron chi connectivity index (χ1n) is 7.66. The monoisotopic (exact) mass is 338 g/mol. The lowest BCUT2D eigenvalue weighted by molar-refractivity contribution is 0.0688. The molecule has 0 unspecified atom stereocenters. The lowest BCUT2D eigenvalue weighted by Gasteiger charge is -2.16. The van der Waals surface area contributed by atoms with E-state index in [1.54, 1.807) is 24.3 Å². The van der Waals surface area contributed by atoms with Gasteiger partial charge in [-0.15, -0.1) is 12.8 Å². The van der Waals surface area contributed by atoms with Crippen molar-refractivity contribution >= 4 is 44.3 Å². The van der Waals surface area contributed by atoms with Gasteiger partial charge in [-0.05, 0) is 56.6 Å². The summed E-state index contributed by atoms with van der Waals surface area (Å²) in [5.41, 5.74) is 1.19. The Labute approximate surface area is 148 Å². The summed E-state index contributed by atoms with van der Waals surface area (Å²) in [5.74, 6) is 2.96. The number of benzene rings is 4. The molecule has 0 saturated heterocycles. The minimum absolute atomic E-state index is 0.0899. The second-order valence-electron chi connectivity index (χ2n) is 5.91. The molecule has 0 saturated carbocycles. The summed E-state index contributed by atoms with van der Waals surface area (Å²) in [6.45, 7) is 0. The molecule has 0 heterocycles. The molecule has 0 radical (unpaired) electrons. The highest BCUT2D eigenvalue weighted by Crippen LogP contribution is 2.40. The normalized spacial score (nSPS) is 10.8. The van der Waals surface area contributed by atoms with Crippen molar-refractivity contribution in [2.24, 2.45) is 0 Å². The fourth-order valence-corrected chi connectivity index (χ4v) is 3.58. The summed E-state index contributed by atoms with van der Waals surface area (Å²) in [6.07, 6.45) is 11.3. The molecule has 2 N–H and O–H groups in total. The summed E-state index contributed by atoms with van der Waals surface area (Å²) in [6, 6.07) is 9.58. The topological polar surface area (TPSA) is 74.6 Å². The first-order valence-corrected chi connectivity index (χ1v) is 7.66. The van der Waals surface area contributed by atoms with Crippen molar-refractivity contribution in [2.45, 2.75) is 0 Å². The van der Waals surface area contributed by atoms with Crippen LogP contribution in [0.5, 0.6) is 0 Å². The SMILES string of the molecule is C#Cc1cc2c(C(=O)O)ccc3c(C#C)cc4c(C(=O)O)ccc1c4c32. The van der Waals surface area contributed by atoms with E-state index in [1.165, 1.54) is 12.1 Å². The van der Waals surface area contributed by atoms with Gasteiger partial charge in [0.15, 0.2) is 0 Å². The number of hydrogen-bond acceptors (Lipinski definition) is 2. The number of hydrogen-bond donors (Lipinski definition) is 2. The van der Waals surface area contributed by atoms with E-state index >= 15 is 0 Å². The molecule has 0 aliphatic carbocycles. The van der Waals surface area contributed by atoms with Crippen LogP contribution in [0.1, 0.15) is 31.8 Å². The number of carboxylic acids is 2. The van der Waals surface area contributed by atoms with E-state index in [2.05, 4.69) is 11.8 Å². The summed E-state index contributed by atoms with van der Waals surface area (Å²) in [4.78, 5) is 23.4. The van der Waals surface area contributed by atoms with Crippen LogP contribution < -0.4 is 0 Å². The highest BCUT2D eigenvalue weighted by molar-refractivity contribution is 6.30. The Hall–Kier alpha value is -4.02. The Morgan fingerprint density at radius 3 is 1.38 bits per heavy atom. The van der Waals surface area contributed by atoms with E-state index in [-0.39, 0.29) is 11.1 Å². The van der Waals surface area contributed by atoms with Gasteiger partial charge in [-0.2, -0.15) is 0 Å². The third kappa shape index (κ3) is 1.87. The molecule has 4 aromatic carbocycles. The summed E-state index contributed by atoms with van der Waals surface area (Å²) < 4.78 is 0. The highest BCUT2D eigenvalue weighted by atomic mass is 16.4. The van der Waals surface area contributed by atoms with Gasteiger partial charge in [0.05, 0.1) is 11.1 Å². The molecule has 0 aliphatic rings. The molecule has 0 spiro atoms. The molecule has 0 aliphatic heterocycles. The number of carbonyl (C=O) groups is 2. The van der Waals surface area contributed by atoms with Crippen LogP contribution in [0.15, 0.2) is 36.4 Å². The van der Waals surface area contributed by atoms with Crippen molar-refractivity contribution in [3.05, 3.63) is 58.7 Å². The van der Waals surface area contributed by atoms with Crippen LogP contribution in [0.25, 0.3) is 32.3 Å². The second kappa shape index (κ2) is 5.24. The number of terminal acetylenes is 2. The van der Waals surface area contributed by atoms with Gasteiger partial charge in [-0.25, -0.2) is 9.59 Å². The first kappa shape index (κ1) is 15.5.